The zero-order valence-electron chi connectivity index (χ0n) is 18.4. The smallest absolute Gasteiger partial charge is 0.290 e. The molecule has 2 aromatic heterocycles. The Morgan fingerprint density at radius 2 is 1.94 bits per heavy atom. The third kappa shape index (κ3) is 5.08. The molecule has 1 aromatic carbocycles. The summed E-state index contributed by atoms with van der Waals surface area (Å²) in [7, 11) is 0. The summed E-state index contributed by atoms with van der Waals surface area (Å²) < 4.78 is 0. The summed E-state index contributed by atoms with van der Waals surface area (Å²) in [5.41, 5.74) is 1.72. The lowest BCUT2D eigenvalue weighted by molar-refractivity contribution is -0.122. The topological polar surface area (TPSA) is 131 Å². The van der Waals surface area contributed by atoms with E-state index in [2.05, 4.69) is 50.0 Å². The van der Waals surface area contributed by atoms with Gasteiger partial charge < -0.3 is 25.8 Å². The van der Waals surface area contributed by atoms with Gasteiger partial charge in [-0.15, -0.1) is 5.10 Å². The van der Waals surface area contributed by atoms with E-state index in [-0.39, 0.29) is 11.7 Å². The molecule has 32 heavy (non-hydrogen) atoms. The Morgan fingerprint density at radius 3 is 2.72 bits per heavy atom. The SMILES string of the molecule is CC(C)CCC(=O)NC(NC(=O)c1nc(N2CCNCC2)n[nH]1)c1c[nH]c2ccccc12. The van der Waals surface area contributed by atoms with E-state index in [1.165, 1.54) is 0 Å². The third-order valence-electron chi connectivity index (χ3n) is 5.55. The number of para-hydroxylation sites is 1. The average molecular weight is 439 g/mol. The number of hydrogen-bond acceptors (Lipinski definition) is 6. The first-order valence-corrected chi connectivity index (χ1v) is 11.1. The molecule has 0 spiro atoms. The van der Waals surface area contributed by atoms with Crippen molar-refractivity contribution in [2.24, 2.45) is 5.92 Å². The number of carbonyl (C=O) groups is 2. The van der Waals surface area contributed by atoms with Gasteiger partial charge in [0.2, 0.25) is 17.7 Å². The standard InChI is InChI=1S/C22H30N8O2/c1-14(2)7-8-18(31)25-19(16-13-24-17-6-4-3-5-15(16)17)26-21(32)20-27-22(29-28-20)30-11-9-23-10-12-30/h3-6,13-14,19,23-24H,7-12H2,1-2H3,(H,25,31)(H,26,32)(H,27,28,29). The van der Waals surface area contributed by atoms with Gasteiger partial charge in [0, 0.05) is 55.3 Å². The Morgan fingerprint density at radius 1 is 1.16 bits per heavy atom. The van der Waals surface area contributed by atoms with Crippen LogP contribution in [-0.2, 0) is 4.79 Å². The lowest BCUT2D eigenvalue weighted by atomic mass is 10.1. The second-order valence-electron chi connectivity index (χ2n) is 8.42. The van der Waals surface area contributed by atoms with Crippen molar-refractivity contribution in [2.45, 2.75) is 32.9 Å². The average Bonchev–Trinajstić information content (AvgIpc) is 3.46. The van der Waals surface area contributed by atoms with Crippen LogP contribution < -0.4 is 20.9 Å². The zero-order chi connectivity index (χ0) is 22.5. The number of piperazine rings is 1. The van der Waals surface area contributed by atoms with Gasteiger partial charge in [0.25, 0.3) is 5.91 Å². The molecule has 0 bridgehead atoms. The highest BCUT2D eigenvalue weighted by Crippen LogP contribution is 2.23. The van der Waals surface area contributed by atoms with E-state index < -0.39 is 12.1 Å². The Balaban J connectivity index is 1.52. The molecule has 0 aliphatic carbocycles. The quantitative estimate of drug-likeness (QED) is 0.340. The molecule has 0 radical (unpaired) electrons. The van der Waals surface area contributed by atoms with E-state index in [0.29, 0.717) is 18.3 Å². The molecule has 3 heterocycles. The molecule has 1 fully saturated rings. The van der Waals surface area contributed by atoms with Crippen LogP contribution in [-0.4, -0.2) is 58.2 Å². The summed E-state index contributed by atoms with van der Waals surface area (Å²) in [6, 6.07) is 7.77. The molecule has 1 aliphatic rings. The second-order valence-corrected chi connectivity index (χ2v) is 8.42. The van der Waals surface area contributed by atoms with Crippen molar-refractivity contribution < 1.29 is 9.59 Å². The lowest BCUT2D eigenvalue weighted by Gasteiger charge is -2.25. The molecule has 1 saturated heterocycles. The maximum atomic E-state index is 13.0. The Kier molecular flexibility index (Phi) is 6.69. The Hall–Kier alpha value is -3.40. The summed E-state index contributed by atoms with van der Waals surface area (Å²) in [4.78, 5) is 35.2. The number of rotatable bonds is 8. The fourth-order valence-electron chi connectivity index (χ4n) is 3.74. The highest BCUT2D eigenvalue weighted by molar-refractivity contribution is 5.92. The summed E-state index contributed by atoms with van der Waals surface area (Å²) in [5, 5.41) is 17.0. The number of aromatic nitrogens is 4. The first-order chi connectivity index (χ1) is 15.5. The van der Waals surface area contributed by atoms with Gasteiger partial charge in [0.1, 0.15) is 6.17 Å². The fraction of sp³-hybridized carbons (Fsp3) is 0.455. The molecule has 170 valence electrons. The number of nitrogens with one attached hydrogen (secondary N) is 5. The van der Waals surface area contributed by atoms with Crippen molar-refractivity contribution in [3.63, 3.8) is 0 Å². The predicted molar refractivity (Wildman–Crippen MR) is 122 cm³/mol. The zero-order valence-corrected chi connectivity index (χ0v) is 18.4. The van der Waals surface area contributed by atoms with Crippen molar-refractivity contribution in [2.75, 3.05) is 31.1 Å². The Labute approximate surface area is 186 Å². The summed E-state index contributed by atoms with van der Waals surface area (Å²) in [6.07, 6.45) is 2.27. The summed E-state index contributed by atoms with van der Waals surface area (Å²) in [5.74, 6) is 0.479. The number of amides is 2. The van der Waals surface area contributed by atoms with Crippen LogP contribution in [0.3, 0.4) is 0 Å². The maximum Gasteiger partial charge on any atom is 0.290 e. The van der Waals surface area contributed by atoms with Crippen molar-refractivity contribution in [3.8, 4) is 0 Å². The second kappa shape index (κ2) is 9.82. The van der Waals surface area contributed by atoms with E-state index in [4.69, 9.17) is 0 Å². The molecule has 10 heteroatoms. The van der Waals surface area contributed by atoms with Gasteiger partial charge >= 0.3 is 0 Å². The van der Waals surface area contributed by atoms with Crippen LogP contribution in [0.5, 0.6) is 0 Å². The predicted octanol–water partition coefficient (Wildman–Crippen LogP) is 1.68. The molecule has 3 aromatic rings. The van der Waals surface area contributed by atoms with E-state index in [1.807, 2.05) is 35.4 Å². The number of anilines is 1. The van der Waals surface area contributed by atoms with Crippen LogP contribution >= 0.6 is 0 Å². The van der Waals surface area contributed by atoms with Crippen molar-refractivity contribution >= 4 is 28.7 Å². The monoisotopic (exact) mass is 438 g/mol. The van der Waals surface area contributed by atoms with Crippen LogP contribution in [0, 0.1) is 5.92 Å². The van der Waals surface area contributed by atoms with Crippen LogP contribution in [0.25, 0.3) is 10.9 Å². The molecule has 1 unspecified atom stereocenters. The summed E-state index contributed by atoms with van der Waals surface area (Å²) in [6.45, 7) is 7.41. The molecule has 2 amide bonds. The van der Waals surface area contributed by atoms with Crippen molar-refractivity contribution in [1.82, 2.24) is 36.1 Å². The third-order valence-corrected chi connectivity index (χ3v) is 5.55. The van der Waals surface area contributed by atoms with E-state index >= 15 is 0 Å². The van der Waals surface area contributed by atoms with Gasteiger partial charge in [-0.25, -0.2) is 0 Å². The minimum absolute atomic E-state index is 0.111. The molecule has 4 rings (SSSR count). The highest BCUT2D eigenvalue weighted by atomic mass is 16.2. The van der Waals surface area contributed by atoms with Crippen LogP contribution in [0.2, 0.25) is 0 Å². The first-order valence-electron chi connectivity index (χ1n) is 11.1. The largest absolute Gasteiger partial charge is 0.361 e. The van der Waals surface area contributed by atoms with E-state index in [0.717, 1.165) is 49.1 Å². The van der Waals surface area contributed by atoms with Gasteiger partial charge in [-0.05, 0) is 18.4 Å². The van der Waals surface area contributed by atoms with Gasteiger partial charge in [0.05, 0.1) is 0 Å². The molecule has 1 aliphatic heterocycles. The lowest BCUT2D eigenvalue weighted by Crippen LogP contribution is -2.44. The van der Waals surface area contributed by atoms with Crippen LogP contribution in [0.1, 0.15) is 49.0 Å². The molecule has 10 nitrogen and oxygen atoms in total. The fourth-order valence-corrected chi connectivity index (χ4v) is 3.74. The van der Waals surface area contributed by atoms with Crippen LogP contribution in [0.4, 0.5) is 5.95 Å². The number of aromatic amines is 2. The molecular formula is C22H30N8O2. The normalized spacial score (nSPS) is 15.2. The number of hydrogen-bond donors (Lipinski definition) is 5. The number of carbonyl (C=O) groups excluding carboxylic acids is 2. The van der Waals surface area contributed by atoms with Crippen molar-refractivity contribution in [1.29, 1.82) is 0 Å². The summed E-state index contributed by atoms with van der Waals surface area (Å²) >= 11 is 0. The van der Waals surface area contributed by atoms with Gasteiger partial charge in [-0.3, -0.25) is 14.7 Å². The van der Waals surface area contributed by atoms with Gasteiger partial charge in [-0.2, -0.15) is 4.98 Å². The van der Waals surface area contributed by atoms with Gasteiger partial charge in [-0.1, -0.05) is 32.0 Å². The molecule has 1 atom stereocenters. The highest BCUT2D eigenvalue weighted by Gasteiger charge is 2.24. The first kappa shape index (κ1) is 21.8. The van der Waals surface area contributed by atoms with Crippen molar-refractivity contribution in [3.05, 3.63) is 41.9 Å². The maximum absolute atomic E-state index is 13.0. The molecular weight excluding hydrogens is 408 g/mol. The minimum Gasteiger partial charge on any atom is -0.361 e. The number of H-pyrrole nitrogens is 2. The van der Waals surface area contributed by atoms with E-state index in [9.17, 15) is 9.59 Å². The number of nitrogens with zero attached hydrogens (tertiary/aromatic N) is 3. The minimum atomic E-state index is -0.703. The number of fused-ring (bicyclic) bond motifs is 1. The molecule has 0 saturated carbocycles. The molecule has 5 N–H and O–H groups in total. The van der Waals surface area contributed by atoms with E-state index in [1.54, 1.807) is 0 Å². The Bertz CT molecular complexity index is 1070. The van der Waals surface area contributed by atoms with Crippen LogP contribution in [0.15, 0.2) is 30.5 Å². The number of benzene rings is 1. The van der Waals surface area contributed by atoms with Gasteiger partial charge in [0.15, 0.2) is 0 Å².